The predicted molar refractivity (Wildman–Crippen MR) is 68.6 cm³/mol. The Morgan fingerprint density at radius 3 is 2.38 bits per heavy atom. The molecular weight excluding hydrogens is 196 g/mol. The predicted octanol–water partition coefficient (Wildman–Crippen LogP) is 2.14. The van der Waals surface area contributed by atoms with Gasteiger partial charge in [-0.1, -0.05) is 24.3 Å². The van der Waals surface area contributed by atoms with Crippen LogP contribution in [0.1, 0.15) is 25.0 Å². The van der Waals surface area contributed by atoms with Gasteiger partial charge < -0.3 is 5.32 Å². The third-order valence-electron chi connectivity index (χ3n) is 3.71. The summed E-state index contributed by atoms with van der Waals surface area (Å²) in [5, 5.41) is 3.41. The lowest BCUT2D eigenvalue weighted by Crippen LogP contribution is -2.52. The maximum absolute atomic E-state index is 3.41. The first-order chi connectivity index (χ1) is 7.62. The zero-order valence-electron chi connectivity index (χ0n) is 10.6. The molecule has 2 heteroatoms. The molecule has 1 fully saturated rings. The van der Waals surface area contributed by atoms with Crippen LogP contribution in [-0.4, -0.2) is 31.1 Å². The smallest absolute Gasteiger partial charge is 0.0408 e. The molecule has 1 N–H and O–H groups in total. The largest absolute Gasteiger partial charge is 0.314 e. The van der Waals surface area contributed by atoms with Gasteiger partial charge in [-0.05, 0) is 31.9 Å². The number of aryl methyl sites for hydroxylation is 1. The van der Waals surface area contributed by atoms with Crippen molar-refractivity contribution in [2.24, 2.45) is 0 Å². The van der Waals surface area contributed by atoms with Crippen LogP contribution in [0.2, 0.25) is 0 Å². The molecule has 16 heavy (non-hydrogen) atoms. The second-order valence-corrected chi connectivity index (χ2v) is 5.11. The molecule has 1 aliphatic heterocycles. The zero-order valence-corrected chi connectivity index (χ0v) is 10.6. The molecule has 0 spiro atoms. The number of rotatable bonds is 2. The van der Waals surface area contributed by atoms with Crippen LogP contribution in [0.15, 0.2) is 24.3 Å². The van der Waals surface area contributed by atoms with E-state index < -0.39 is 0 Å². The molecule has 1 heterocycles. The van der Waals surface area contributed by atoms with Crippen molar-refractivity contribution in [1.29, 1.82) is 0 Å². The summed E-state index contributed by atoms with van der Waals surface area (Å²) in [5.41, 5.74) is 3.00. The minimum absolute atomic E-state index is 0.146. The van der Waals surface area contributed by atoms with E-state index >= 15 is 0 Å². The Hall–Kier alpha value is -0.860. The summed E-state index contributed by atoms with van der Waals surface area (Å²) >= 11 is 0. The first-order valence-corrected chi connectivity index (χ1v) is 6.14. The normalized spacial score (nSPS) is 18.7. The molecule has 0 aromatic heterocycles. The van der Waals surface area contributed by atoms with Crippen LogP contribution < -0.4 is 5.32 Å². The molecule has 1 aromatic carbocycles. The van der Waals surface area contributed by atoms with Crippen molar-refractivity contribution in [3.63, 3.8) is 0 Å². The van der Waals surface area contributed by atoms with Crippen LogP contribution in [0, 0.1) is 6.92 Å². The van der Waals surface area contributed by atoms with Crippen LogP contribution >= 0.6 is 0 Å². The first kappa shape index (κ1) is 11.6. The quantitative estimate of drug-likeness (QED) is 0.818. The Balaban J connectivity index is 2.26. The van der Waals surface area contributed by atoms with Gasteiger partial charge in [-0.25, -0.2) is 0 Å². The summed E-state index contributed by atoms with van der Waals surface area (Å²) in [6.07, 6.45) is 0. The average molecular weight is 218 g/mol. The topological polar surface area (TPSA) is 15.3 Å². The summed E-state index contributed by atoms with van der Waals surface area (Å²) in [5.74, 6) is 0. The maximum Gasteiger partial charge on any atom is 0.0408 e. The highest BCUT2D eigenvalue weighted by Gasteiger charge is 2.30. The van der Waals surface area contributed by atoms with E-state index in [2.05, 4.69) is 55.3 Å². The Morgan fingerprint density at radius 1 is 1.12 bits per heavy atom. The van der Waals surface area contributed by atoms with E-state index in [0.29, 0.717) is 0 Å². The summed E-state index contributed by atoms with van der Waals surface area (Å²) in [7, 11) is 0. The molecule has 0 amide bonds. The van der Waals surface area contributed by atoms with E-state index in [0.717, 1.165) is 26.2 Å². The maximum atomic E-state index is 3.41. The third-order valence-corrected chi connectivity index (χ3v) is 3.71. The Labute approximate surface area is 98.7 Å². The van der Waals surface area contributed by atoms with Gasteiger partial charge in [0.2, 0.25) is 0 Å². The molecular formula is C14H22N2. The Morgan fingerprint density at radius 2 is 1.75 bits per heavy atom. The molecule has 2 rings (SSSR count). The van der Waals surface area contributed by atoms with Gasteiger partial charge >= 0.3 is 0 Å². The molecule has 0 aliphatic carbocycles. The van der Waals surface area contributed by atoms with Gasteiger partial charge in [0.05, 0.1) is 0 Å². The number of nitrogens with one attached hydrogen (secondary N) is 1. The number of hydrogen-bond acceptors (Lipinski definition) is 2. The van der Waals surface area contributed by atoms with E-state index in [1.54, 1.807) is 0 Å². The third kappa shape index (κ3) is 2.13. The molecule has 2 nitrogen and oxygen atoms in total. The summed E-state index contributed by atoms with van der Waals surface area (Å²) in [4.78, 5) is 2.58. The van der Waals surface area contributed by atoms with Gasteiger partial charge in [0, 0.05) is 31.7 Å². The van der Waals surface area contributed by atoms with E-state index in [1.165, 1.54) is 11.1 Å². The number of hydrogen-bond donors (Lipinski definition) is 1. The highest BCUT2D eigenvalue weighted by atomic mass is 15.2. The van der Waals surface area contributed by atoms with Crippen molar-refractivity contribution in [1.82, 2.24) is 10.2 Å². The molecule has 0 atom stereocenters. The lowest BCUT2D eigenvalue weighted by atomic mass is 9.88. The van der Waals surface area contributed by atoms with E-state index in [-0.39, 0.29) is 5.54 Å². The monoisotopic (exact) mass is 218 g/mol. The standard InChI is InChI=1S/C14H22N2/c1-12-6-4-5-7-13(12)14(2,3)16-10-8-15-9-11-16/h4-7,15H,8-11H2,1-3H3. The lowest BCUT2D eigenvalue weighted by molar-refractivity contribution is 0.102. The molecule has 0 bridgehead atoms. The summed E-state index contributed by atoms with van der Waals surface area (Å²) < 4.78 is 0. The van der Waals surface area contributed by atoms with Crippen molar-refractivity contribution in [3.05, 3.63) is 35.4 Å². The number of benzene rings is 1. The van der Waals surface area contributed by atoms with Gasteiger partial charge in [0.25, 0.3) is 0 Å². The fourth-order valence-electron chi connectivity index (χ4n) is 2.65. The summed E-state index contributed by atoms with van der Waals surface area (Å²) in [6.45, 7) is 11.4. The SMILES string of the molecule is Cc1ccccc1C(C)(C)N1CCNCC1. The first-order valence-electron chi connectivity index (χ1n) is 6.14. The van der Waals surface area contributed by atoms with Crippen LogP contribution in [-0.2, 0) is 5.54 Å². The lowest BCUT2D eigenvalue weighted by Gasteiger charge is -2.42. The fourth-order valence-corrected chi connectivity index (χ4v) is 2.65. The second-order valence-electron chi connectivity index (χ2n) is 5.11. The minimum Gasteiger partial charge on any atom is -0.314 e. The van der Waals surface area contributed by atoms with Crippen molar-refractivity contribution in [2.45, 2.75) is 26.3 Å². The molecule has 0 radical (unpaired) electrons. The second kappa shape index (κ2) is 4.56. The highest BCUT2D eigenvalue weighted by Crippen LogP contribution is 2.30. The minimum atomic E-state index is 0.146. The van der Waals surface area contributed by atoms with Crippen molar-refractivity contribution < 1.29 is 0 Å². The van der Waals surface area contributed by atoms with Gasteiger partial charge in [-0.3, -0.25) is 4.90 Å². The molecule has 0 saturated carbocycles. The molecule has 1 aromatic rings. The Kier molecular flexibility index (Phi) is 3.31. The van der Waals surface area contributed by atoms with E-state index in [1.807, 2.05) is 0 Å². The van der Waals surface area contributed by atoms with Crippen molar-refractivity contribution in [2.75, 3.05) is 26.2 Å². The molecule has 1 saturated heterocycles. The average Bonchev–Trinajstić information content (AvgIpc) is 2.30. The van der Waals surface area contributed by atoms with Gasteiger partial charge in [-0.15, -0.1) is 0 Å². The van der Waals surface area contributed by atoms with E-state index in [9.17, 15) is 0 Å². The van der Waals surface area contributed by atoms with Gasteiger partial charge in [0.15, 0.2) is 0 Å². The highest BCUT2D eigenvalue weighted by molar-refractivity contribution is 5.31. The Bertz CT molecular complexity index is 352. The molecule has 0 unspecified atom stereocenters. The van der Waals surface area contributed by atoms with Crippen molar-refractivity contribution in [3.8, 4) is 0 Å². The van der Waals surface area contributed by atoms with Crippen LogP contribution in [0.5, 0.6) is 0 Å². The van der Waals surface area contributed by atoms with Gasteiger partial charge in [0.1, 0.15) is 0 Å². The van der Waals surface area contributed by atoms with Crippen LogP contribution in [0.3, 0.4) is 0 Å². The van der Waals surface area contributed by atoms with Gasteiger partial charge in [-0.2, -0.15) is 0 Å². The van der Waals surface area contributed by atoms with Crippen molar-refractivity contribution >= 4 is 0 Å². The summed E-state index contributed by atoms with van der Waals surface area (Å²) in [6, 6.07) is 8.73. The fraction of sp³-hybridized carbons (Fsp3) is 0.571. The zero-order chi connectivity index (χ0) is 11.6. The number of piperazine rings is 1. The molecule has 88 valence electrons. The molecule has 1 aliphatic rings. The van der Waals surface area contributed by atoms with Crippen LogP contribution in [0.4, 0.5) is 0 Å². The van der Waals surface area contributed by atoms with Crippen LogP contribution in [0.25, 0.3) is 0 Å². The number of nitrogens with zero attached hydrogens (tertiary/aromatic N) is 1. The van der Waals surface area contributed by atoms with E-state index in [4.69, 9.17) is 0 Å².